The molecule has 21 heavy (non-hydrogen) atoms. The van der Waals surface area contributed by atoms with Gasteiger partial charge in [-0.1, -0.05) is 0 Å². The summed E-state index contributed by atoms with van der Waals surface area (Å²) in [6, 6.07) is 0. The minimum atomic E-state index is -0.0369. The van der Waals surface area contributed by atoms with E-state index in [-0.39, 0.29) is 12.0 Å². The number of nitrogens with one attached hydrogen (secondary N) is 1. The van der Waals surface area contributed by atoms with Crippen LogP contribution in [0.25, 0.3) is 0 Å². The Labute approximate surface area is 125 Å². The van der Waals surface area contributed by atoms with E-state index in [1.807, 2.05) is 13.2 Å². The summed E-state index contributed by atoms with van der Waals surface area (Å²) >= 11 is 0. The lowest BCUT2D eigenvalue weighted by atomic mass is 10.2. The standard InChI is InChI=1S/C14H24N4O3/c1-17-10-12(8-16-17)11-18(4-6-20-2)14(19)7-13-9-15-3-5-21-13/h8,10,13,15H,3-7,9,11H2,1-2H3/t13-/m1/s1. The van der Waals surface area contributed by atoms with Crippen LogP contribution in [0.4, 0.5) is 0 Å². The molecular weight excluding hydrogens is 272 g/mol. The van der Waals surface area contributed by atoms with Gasteiger partial charge in [-0.05, 0) is 0 Å². The molecule has 7 heteroatoms. The fourth-order valence-corrected chi connectivity index (χ4v) is 2.34. The van der Waals surface area contributed by atoms with Gasteiger partial charge in [0.1, 0.15) is 0 Å². The maximum atomic E-state index is 12.5. The molecule has 1 aliphatic heterocycles. The van der Waals surface area contributed by atoms with Crippen LogP contribution in [0.2, 0.25) is 0 Å². The Bertz CT molecular complexity index is 443. The number of morpholine rings is 1. The van der Waals surface area contributed by atoms with Crippen LogP contribution in [-0.4, -0.2) is 66.6 Å². The topological polar surface area (TPSA) is 68.6 Å². The number of aryl methyl sites for hydroxylation is 1. The highest BCUT2D eigenvalue weighted by Crippen LogP contribution is 2.09. The van der Waals surface area contributed by atoms with Crippen LogP contribution in [0, 0.1) is 0 Å². The zero-order chi connectivity index (χ0) is 15.1. The van der Waals surface area contributed by atoms with Crippen LogP contribution in [-0.2, 0) is 27.9 Å². The molecule has 1 amide bonds. The maximum Gasteiger partial charge on any atom is 0.225 e. The molecule has 7 nitrogen and oxygen atoms in total. The summed E-state index contributed by atoms with van der Waals surface area (Å²) in [4.78, 5) is 14.3. The molecule has 1 atom stereocenters. The molecular formula is C14H24N4O3. The van der Waals surface area contributed by atoms with Crippen molar-refractivity contribution < 1.29 is 14.3 Å². The number of carbonyl (C=O) groups excluding carboxylic acids is 1. The highest BCUT2D eigenvalue weighted by molar-refractivity contribution is 5.76. The smallest absolute Gasteiger partial charge is 0.225 e. The van der Waals surface area contributed by atoms with Crippen molar-refractivity contribution in [1.82, 2.24) is 20.0 Å². The molecule has 0 aromatic carbocycles. The summed E-state index contributed by atoms with van der Waals surface area (Å²) < 4.78 is 12.4. The fraction of sp³-hybridized carbons (Fsp3) is 0.714. The third-order valence-electron chi connectivity index (χ3n) is 3.46. The van der Waals surface area contributed by atoms with E-state index in [4.69, 9.17) is 9.47 Å². The van der Waals surface area contributed by atoms with Gasteiger partial charge in [0.25, 0.3) is 0 Å². The maximum absolute atomic E-state index is 12.5. The van der Waals surface area contributed by atoms with Crippen molar-refractivity contribution in [3.8, 4) is 0 Å². The van der Waals surface area contributed by atoms with Crippen molar-refractivity contribution in [2.45, 2.75) is 19.1 Å². The Morgan fingerprint density at radius 1 is 1.67 bits per heavy atom. The van der Waals surface area contributed by atoms with Crippen LogP contribution in [0.5, 0.6) is 0 Å². The third-order valence-corrected chi connectivity index (χ3v) is 3.46. The molecule has 2 heterocycles. The molecule has 1 N–H and O–H groups in total. The lowest BCUT2D eigenvalue weighted by Crippen LogP contribution is -2.43. The van der Waals surface area contributed by atoms with Crippen LogP contribution >= 0.6 is 0 Å². The number of amides is 1. The Hall–Kier alpha value is -1.44. The van der Waals surface area contributed by atoms with Crippen molar-refractivity contribution in [1.29, 1.82) is 0 Å². The first-order valence-electron chi connectivity index (χ1n) is 7.25. The molecule has 0 saturated carbocycles. The number of nitrogens with zero attached hydrogens (tertiary/aromatic N) is 3. The predicted octanol–water partition coefficient (Wildman–Crippen LogP) is -0.226. The van der Waals surface area contributed by atoms with E-state index < -0.39 is 0 Å². The predicted molar refractivity (Wildman–Crippen MR) is 77.7 cm³/mol. The van der Waals surface area contributed by atoms with Crippen molar-refractivity contribution >= 4 is 5.91 Å². The summed E-state index contributed by atoms with van der Waals surface area (Å²) in [6.07, 6.45) is 4.07. The molecule has 0 radical (unpaired) electrons. The van der Waals surface area contributed by atoms with E-state index in [2.05, 4.69) is 10.4 Å². The van der Waals surface area contributed by atoms with E-state index >= 15 is 0 Å². The Morgan fingerprint density at radius 2 is 2.52 bits per heavy atom. The first-order valence-corrected chi connectivity index (χ1v) is 7.25. The molecule has 1 saturated heterocycles. The van der Waals surface area contributed by atoms with Gasteiger partial charge < -0.3 is 19.7 Å². The van der Waals surface area contributed by atoms with Gasteiger partial charge in [-0.25, -0.2) is 0 Å². The second kappa shape index (κ2) is 8.11. The van der Waals surface area contributed by atoms with Crippen LogP contribution in [0.1, 0.15) is 12.0 Å². The van der Waals surface area contributed by atoms with Gasteiger partial charge in [0.05, 0.1) is 31.9 Å². The molecule has 1 aliphatic rings. The van der Waals surface area contributed by atoms with Crippen molar-refractivity contribution in [2.24, 2.45) is 7.05 Å². The molecule has 1 fully saturated rings. The lowest BCUT2D eigenvalue weighted by Gasteiger charge is -2.27. The molecule has 1 aromatic heterocycles. The van der Waals surface area contributed by atoms with Gasteiger partial charge in [-0.3, -0.25) is 9.48 Å². The first kappa shape index (κ1) is 15.9. The quantitative estimate of drug-likeness (QED) is 0.753. The highest BCUT2D eigenvalue weighted by Gasteiger charge is 2.21. The molecule has 0 spiro atoms. The number of carbonyl (C=O) groups is 1. The average molecular weight is 296 g/mol. The highest BCUT2D eigenvalue weighted by atomic mass is 16.5. The number of hydrogen-bond acceptors (Lipinski definition) is 5. The van der Waals surface area contributed by atoms with Crippen LogP contribution < -0.4 is 5.32 Å². The zero-order valence-corrected chi connectivity index (χ0v) is 12.7. The van der Waals surface area contributed by atoms with Gasteiger partial charge in [0.2, 0.25) is 5.91 Å². The number of aromatic nitrogens is 2. The largest absolute Gasteiger partial charge is 0.383 e. The third kappa shape index (κ3) is 5.11. The molecule has 118 valence electrons. The molecule has 2 rings (SSSR count). The number of ether oxygens (including phenoxy) is 2. The van der Waals surface area contributed by atoms with Crippen LogP contribution in [0.15, 0.2) is 12.4 Å². The normalized spacial score (nSPS) is 18.7. The minimum Gasteiger partial charge on any atom is -0.383 e. The van der Waals surface area contributed by atoms with Crippen molar-refractivity contribution in [2.75, 3.05) is 40.0 Å². The average Bonchev–Trinajstić information content (AvgIpc) is 2.89. The molecule has 0 bridgehead atoms. The van der Waals surface area contributed by atoms with Crippen LogP contribution in [0.3, 0.4) is 0 Å². The summed E-state index contributed by atoms with van der Waals surface area (Å²) in [5, 5.41) is 7.38. The second-order valence-corrected chi connectivity index (χ2v) is 5.23. The van der Waals surface area contributed by atoms with E-state index in [1.54, 1.807) is 22.9 Å². The van der Waals surface area contributed by atoms with E-state index in [9.17, 15) is 4.79 Å². The SMILES string of the molecule is COCCN(Cc1cnn(C)c1)C(=O)C[C@@H]1CNCCO1. The van der Waals surface area contributed by atoms with E-state index in [1.165, 1.54) is 0 Å². The Morgan fingerprint density at radius 3 is 3.14 bits per heavy atom. The summed E-state index contributed by atoms with van der Waals surface area (Å²) in [7, 11) is 3.51. The van der Waals surface area contributed by atoms with Crippen molar-refractivity contribution in [3.63, 3.8) is 0 Å². The number of rotatable bonds is 7. The van der Waals surface area contributed by atoms with Gasteiger partial charge in [-0.15, -0.1) is 0 Å². The zero-order valence-electron chi connectivity index (χ0n) is 12.7. The summed E-state index contributed by atoms with van der Waals surface area (Å²) in [5.74, 6) is 0.0876. The van der Waals surface area contributed by atoms with Gasteiger partial charge in [-0.2, -0.15) is 5.10 Å². The lowest BCUT2D eigenvalue weighted by molar-refractivity contribution is -0.136. The van der Waals surface area contributed by atoms with E-state index in [0.29, 0.717) is 32.7 Å². The minimum absolute atomic E-state index is 0.0369. The van der Waals surface area contributed by atoms with Gasteiger partial charge >= 0.3 is 0 Å². The van der Waals surface area contributed by atoms with E-state index in [0.717, 1.165) is 18.7 Å². The van der Waals surface area contributed by atoms with Crippen molar-refractivity contribution in [3.05, 3.63) is 18.0 Å². The molecule has 0 aliphatic carbocycles. The number of hydrogen-bond donors (Lipinski definition) is 1. The van der Waals surface area contributed by atoms with Gasteiger partial charge in [0.15, 0.2) is 0 Å². The monoisotopic (exact) mass is 296 g/mol. The Balaban J connectivity index is 1.91. The molecule has 0 unspecified atom stereocenters. The first-order chi connectivity index (χ1) is 10.2. The van der Waals surface area contributed by atoms with Gasteiger partial charge in [0, 0.05) is 52.1 Å². The summed E-state index contributed by atoms with van der Waals surface area (Å²) in [6.45, 7) is 3.90. The summed E-state index contributed by atoms with van der Waals surface area (Å²) in [5.41, 5.74) is 1.02. The second-order valence-electron chi connectivity index (χ2n) is 5.23. The Kier molecular flexibility index (Phi) is 6.16. The fourth-order valence-electron chi connectivity index (χ4n) is 2.34. The molecule has 1 aromatic rings. The number of methoxy groups -OCH3 is 1.